The van der Waals surface area contributed by atoms with Crippen LogP contribution in [-0.4, -0.2) is 68.6 Å². The van der Waals surface area contributed by atoms with Crippen molar-refractivity contribution >= 4 is 11.6 Å². The Kier molecular flexibility index (Phi) is 17.6. The number of ketones is 2. The summed E-state index contributed by atoms with van der Waals surface area (Å²) >= 11 is 0. The zero-order valence-corrected chi connectivity index (χ0v) is 11.2. The number of hydrogen-bond donors (Lipinski definition) is 5. The molecule has 0 unspecified atom stereocenters. The van der Waals surface area contributed by atoms with Gasteiger partial charge in [0.2, 0.25) is 0 Å². The largest absolute Gasteiger partial charge is 0.394 e. The van der Waals surface area contributed by atoms with E-state index in [2.05, 4.69) is 0 Å². The molecular weight excluding hydrogens is 244 g/mol. The minimum absolute atomic E-state index is 0.167. The highest BCUT2D eigenvalue weighted by atomic mass is 16.4. The lowest BCUT2D eigenvalue weighted by Crippen LogP contribution is -2.41. The first kappa shape index (κ1) is 22.3. The summed E-state index contributed by atoms with van der Waals surface area (Å²) in [6, 6.07) is 0. The fourth-order valence-corrected chi connectivity index (χ4v) is 0.472. The molecule has 0 aliphatic carbocycles. The number of carbonyl (C=O) groups is 2. The van der Waals surface area contributed by atoms with Crippen molar-refractivity contribution in [3.05, 3.63) is 0 Å². The number of rotatable bonds is 4. The van der Waals surface area contributed by atoms with Crippen molar-refractivity contribution in [1.82, 2.24) is 0 Å². The molecule has 0 aromatic carbocycles. The highest BCUT2D eigenvalue weighted by Crippen LogP contribution is 1.97. The first-order valence-corrected chi connectivity index (χ1v) is 5.30. The van der Waals surface area contributed by atoms with Crippen molar-refractivity contribution in [3.8, 4) is 0 Å². The zero-order valence-electron chi connectivity index (χ0n) is 11.2. The number of hydrogen-bond acceptors (Lipinski definition) is 7. The molecule has 0 radical (unpaired) electrons. The van der Waals surface area contributed by atoms with E-state index in [4.69, 9.17) is 25.5 Å². The Balaban J connectivity index is -0.000000233. The van der Waals surface area contributed by atoms with E-state index in [9.17, 15) is 9.59 Å². The van der Waals surface area contributed by atoms with E-state index >= 15 is 0 Å². The molecule has 3 atom stereocenters. The minimum Gasteiger partial charge on any atom is -0.394 e. The lowest BCUT2D eigenvalue weighted by atomic mass is 10.1. The van der Waals surface area contributed by atoms with E-state index in [1.807, 2.05) is 0 Å². The molecule has 0 spiro atoms. The van der Waals surface area contributed by atoms with Gasteiger partial charge in [-0.3, -0.25) is 0 Å². The van der Waals surface area contributed by atoms with Gasteiger partial charge in [-0.05, 0) is 27.7 Å². The van der Waals surface area contributed by atoms with Crippen molar-refractivity contribution in [1.29, 1.82) is 0 Å². The van der Waals surface area contributed by atoms with Gasteiger partial charge in [0.25, 0.3) is 0 Å². The van der Waals surface area contributed by atoms with Crippen LogP contribution in [0.25, 0.3) is 0 Å². The van der Waals surface area contributed by atoms with Gasteiger partial charge in [0.15, 0.2) is 0 Å². The van der Waals surface area contributed by atoms with Gasteiger partial charge in [0.05, 0.1) is 13.2 Å². The predicted molar refractivity (Wildman–Crippen MR) is 64.9 cm³/mol. The molecule has 0 amide bonds. The molecule has 0 fully saturated rings. The van der Waals surface area contributed by atoms with Crippen LogP contribution >= 0.6 is 0 Å². The molecule has 0 bridgehead atoms. The van der Waals surface area contributed by atoms with Gasteiger partial charge in [-0.15, -0.1) is 0 Å². The summed E-state index contributed by atoms with van der Waals surface area (Å²) in [4.78, 5) is 18.9. The molecule has 0 aliphatic heterocycles. The first-order valence-electron chi connectivity index (χ1n) is 5.30. The maximum Gasteiger partial charge on any atom is 0.126 e. The van der Waals surface area contributed by atoms with Crippen LogP contribution in [-0.2, 0) is 9.59 Å². The Morgan fingerprint density at radius 1 is 0.778 bits per heavy atom. The van der Waals surface area contributed by atoms with Crippen LogP contribution in [0, 0.1) is 0 Å². The molecule has 0 aliphatic rings. The molecule has 110 valence electrons. The number of Topliss-reactive ketones (excluding diaryl/α,β-unsaturated/α-hetero) is 2. The molecule has 0 rings (SSSR count). The molecule has 7 heteroatoms. The van der Waals surface area contributed by atoms with E-state index < -0.39 is 31.5 Å². The summed E-state index contributed by atoms with van der Waals surface area (Å²) < 4.78 is 0. The monoisotopic (exact) mass is 268 g/mol. The fraction of sp³-hybridized carbons (Fsp3) is 0.818. The summed E-state index contributed by atoms with van der Waals surface area (Å²) in [5.74, 6) is 0.333. The topological polar surface area (TPSA) is 135 Å². The SMILES string of the molecule is CC(C)=O.CC(C)=O.OC[C@@H](O)[C@@H](O)[C@@H](O)CO. The Hall–Kier alpha value is -0.860. The van der Waals surface area contributed by atoms with Crippen LogP contribution in [0.2, 0.25) is 0 Å². The normalized spacial score (nSPS) is 14.1. The third-order valence-electron chi connectivity index (χ3n) is 1.16. The van der Waals surface area contributed by atoms with Gasteiger partial charge < -0.3 is 35.1 Å². The fourth-order valence-electron chi connectivity index (χ4n) is 0.472. The van der Waals surface area contributed by atoms with Crippen molar-refractivity contribution in [3.63, 3.8) is 0 Å². The number of aliphatic hydroxyl groups is 5. The van der Waals surface area contributed by atoms with Gasteiger partial charge in [-0.25, -0.2) is 0 Å². The molecule has 5 N–H and O–H groups in total. The molecule has 7 nitrogen and oxygen atoms in total. The number of carbonyl (C=O) groups excluding carboxylic acids is 2. The average molecular weight is 268 g/mol. The molecular formula is C11H24O7. The van der Waals surface area contributed by atoms with Gasteiger partial charge in [0, 0.05) is 0 Å². The predicted octanol–water partition coefficient (Wildman–Crippen LogP) is -1.76. The van der Waals surface area contributed by atoms with E-state index in [0.29, 0.717) is 0 Å². The van der Waals surface area contributed by atoms with Gasteiger partial charge in [-0.1, -0.05) is 0 Å². The molecule has 0 aromatic rings. The molecule has 0 aromatic heterocycles. The third kappa shape index (κ3) is 24.4. The molecule has 0 heterocycles. The van der Waals surface area contributed by atoms with Crippen molar-refractivity contribution in [2.24, 2.45) is 0 Å². The second-order valence-electron chi connectivity index (χ2n) is 3.81. The van der Waals surface area contributed by atoms with E-state index in [-0.39, 0.29) is 11.6 Å². The van der Waals surface area contributed by atoms with Crippen molar-refractivity contribution < 1.29 is 35.1 Å². The van der Waals surface area contributed by atoms with Crippen LogP contribution in [0.1, 0.15) is 27.7 Å². The van der Waals surface area contributed by atoms with Crippen LogP contribution in [0.4, 0.5) is 0 Å². The van der Waals surface area contributed by atoms with Crippen molar-refractivity contribution in [2.45, 2.75) is 46.0 Å². The highest BCUT2D eigenvalue weighted by Gasteiger charge is 2.22. The Bertz CT molecular complexity index is 187. The Morgan fingerprint density at radius 2 is 0.944 bits per heavy atom. The second kappa shape index (κ2) is 14.2. The van der Waals surface area contributed by atoms with E-state index in [1.54, 1.807) is 0 Å². The van der Waals surface area contributed by atoms with Gasteiger partial charge in [0.1, 0.15) is 29.9 Å². The third-order valence-corrected chi connectivity index (χ3v) is 1.16. The maximum atomic E-state index is 9.44. The summed E-state index contributed by atoms with van der Waals surface area (Å²) in [5, 5.41) is 42.6. The first-order chi connectivity index (χ1) is 8.09. The van der Waals surface area contributed by atoms with Crippen LogP contribution in [0.5, 0.6) is 0 Å². The number of aliphatic hydroxyl groups excluding tert-OH is 5. The maximum absolute atomic E-state index is 9.44. The highest BCUT2D eigenvalue weighted by molar-refractivity contribution is 5.72. The summed E-state index contributed by atoms with van der Waals surface area (Å²) in [6.07, 6.45) is -4.29. The minimum atomic E-state index is -1.49. The average Bonchev–Trinajstić information content (AvgIpc) is 2.24. The quantitative estimate of drug-likeness (QED) is 0.407. The molecule has 0 saturated carbocycles. The van der Waals surface area contributed by atoms with Crippen LogP contribution in [0.3, 0.4) is 0 Å². The summed E-state index contributed by atoms with van der Waals surface area (Å²) in [6.45, 7) is 4.83. The van der Waals surface area contributed by atoms with Crippen molar-refractivity contribution in [2.75, 3.05) is 13.2 Å². The standard InChI is InChI=1S/C5H12O5.2C3H6O/c6-1-3(8)5(10)4(9)2-7;2*1-3(2)4/h3-10H,1-2H2;2*1-2H3/t3-,4+,5-;;. The van der Waals surface area contributed by atoms with Crippen LogP contribution < -0.4 is 0 Å². The zero-order chi connectivity index (χ0) is 15.3. The summed E-state index contributed by atoms with van der Waals surface area (Å²) in [5.41, 5.74) is 0. The summed E-state index contributed by atoms with van der Waals surface area (Å²) in [7, 11) is 0. The van der Waals surface area contributed by atoms with E-state index in [0.717, 1.165) is 0 Å². The Morgan fingerprint density at radius 3 is 1.06 bits per heavy atom. The second-order valence-corrected chi connectivity index (χ2v) is 3.81. The Labute approximate surface area is 107 Å². The smallest absolute Gasteiger partial charge is 0.126 e. The lowest BCUT2D eigenvalue weighted by molar-refractivity contribution is -0.115. The van der Waals surface area contributed by atoms with Crippen LogP contribution in [0.15, 0.2) is 0 Å². The van der Waals surface area contributed by atoms with Gasteiger partial charge >= 0.3 is 0 Å². The van der Waals surface area contributed by atoms with E-state index in [1.165, 1.54) is 27.7 Å². The molecule has 0 saturated heterocycles. The lowest BCUT2D eigenvalue weighted by Gasteiger charge is -2.19. The van der Waals surface area contributed by atoms with Gasteiger partial charge in [-0.2, -0.15) is 0 Å². The molecule has 18 heavy (non-hydrogen) atoms.